The monoisotopic (exact) mass is 404 g/mol. The molecule has 7 heteroatoms. The summed E-state index contributed by atoms with van der Waals surface area (Å²) >= 11 is 0. The lowest BCUT2D eigenvalue weighted by Gasteiger charge is -2.09. The van der Waals surface area contributed by atoms with Gasteiger partial charge in [0.15, 0.2) is 11.2 Å². The Kier molecular flexibility index (Phi) is 5.52. The number of nitrogens with one attached hydrogen (secondary N) is 1. The number of imidazole rings is 1. The molecule has 0 saturated heterocycles. The summed E-state index contributed by atoms with van der Waals surface area (Å²) in [6.07, 6.45) is 1.86. The van der Waals surface area contributed by atoms with E-state index >= 15 is 0 Å². The molecule has 0 fully saturated rings. The highest BCUT2D eigenvalue weighted by Crippen LogP contribution is 2.26. The number of rotatable bonds is 7. The molecule has 0 atom stereocenters. The fraction of sp³-hybridized carbons (Fsp3) is 0.261. The summed E-state index contributed by atoms with van der Waals surface area (Å²) in [5, 5.41) is 0. The number of hydrogen-bond acceptors (Lipinski definition) is 4. The molecule has 2 aromatic heterocycles. The van der Waals surface area contributed by atoms with Crippen molar-refractivity contribution in [2.75, 3.05) is 7.11 Å². The number of ether oxygens (including phenoxy) is 1. The summed E-state index contributed by atoms with van der Waals surface area (Å²) < 4.78 is 8.79. The van der Waals surface area contributed by atoms with Crippen LogP contribution in [0.1, 0.15) is 25.3 Å². The number of nitrogens with zero attached hydrogens (tertiary/aromatic N) is 3. The van der Waals surface area contributed by atoms with Crippen molar-refractivity contribution in [1.82, 2.24) is 19.1 Å². The van der Waals surface area contributed by atoms with Gasteiger partial charge >= 0.3 is 5.69 Å². The van der Waals surface area contributed by atoms with E-state index in [-0.39, 0.29) is 0 Å². The third-order valence-electron chi connectivity index (χ3n) is 5.13. The Balaban J connectivity index is 1.97. The van der Waals surface area contributed by atoms with E-state index in [2.05, 4.69) is 11.9 Å². The second-order valence-electron chi connectivity index (χ2n) is 7.18. The van der Waals surface area contributed by atoms with Gasteiger partial charge < -0.3 is 9.30 Å². The van der Waals surface area contributed by atoms with E-state index in [1.54, 1.807) is 7.11 Å². The molecular formula is C23H24N4O3. The van der Waals surface area contributed by atoms with E-state index in [1.807, 2.05) is 59.2 Å². The molecule has 154 valence electrons. The summed E-state index contributed by atoms with van der Waals surface area (Å²) in [6, 6.07) is 17.2. The van der Waals surface area contributed by atoms with Gasteiger partial charge in [-0.15, -0.1) is 0 Å². The van der Waals surface area contributed by atoms with Gasteiger partial charge in [-0.3, -0.25) is 14.3 Å². The molecule has 0 aliphatic carbocycles. The number of aryl methyl sites for hydroxylation is 1. The van der Waals surface area contributed by atoms with Crippen molar-refractivity contribution in [2.45, 2.75) is 32.9 Å². The van der Waals surface area contributed by atoms with Gasteiger partial charge in [-0.1, -0.05) is 55.8 Å². The Hall–Kier alpha value is -3.61. The minimum absolute atomic E-state index is 0.329. The van der Waals surface area contributed by atoms with Crippen LogP contribution in [0.2, 0.25) is 0 Å². The van der Waals surface area contributed by atoms with Crippen LogP contribution in [0, 0.1) is 0 Å². The van der Waals surface area contributed by atoms with Crippen molar-refractivity contribution in [2.24, 2.45) is 0 Å². The summed E-state index contributed by atoms with van der Waals surface area (Å²) in [5.41, 5.74) is 1.71. The van der Waals surface area contributed by atoms with Gasteiger partial charge in [0, 0.05) is 12.1 Å². The third kappa shape index (κ3) is 3.66. The Labute approximate surface area is 173 Å². The van der Waals surface area contributed by atoms with Gasteiger partial charge in [-0.05, 0) is 24.1 Å². The zero-order valence-electron chi connectivity index (χ0n) is 17.1. The number of methoxy groups -OCH3 is 1. The van der Waals surface area contributed by atoms with Gasteiger partial charge in [-0.25, -0.2) is 9.78 Å². The van der Waals surface area contributed by atoms with Crippen molar-refractivity contribution in [1.29, 1.82) is 0 Å². The molecule has 0 aliphatic rings. The van der Waals surface area contributed by atoms with Crippen molar-refractivity contribution >= 4 is 11.2 Å². The maximum absolute atomic E-state index is 12.8. The second-order valence-corrected chi connectivity index (χ2v) is 7.18. The summed E-state index contributed by atoms with van der Waals surface area (Å²) in [6.45, 7) is 3.06. The van der Waals surface area contributed by atoms with Gasteiger partial charge in [-0.2, -0.15) is 0 Å². The largest absolute Gasteiger partial charge is 0.497 e. The van der Waals surface area contributed by atoms with Gasteiger partial charge in [0.2, 0.25) is 0 Å². The molecule has 2 heterocycles. The topological polar surface area (TPSA) is 81.9 Å². The molecule has 4 rings (SSSR count). The van der Waals surface area contributed by atoms with E-state index in [1.165, 1.54) is 4.57 Å². The van der Waals surface area contributed by atoms with Crippen LogP contribution in [-0.4, -0.2) is 26.2 Å². The van der Waals surface area contributed by atoms with E-state index in [9.17, 15) is 9.59 Å². The highest BCUT2D eigenvalue weighted by atomic mass is 16.5. The first-order valence-electron chi connectivity index (χ1n) is 10.0. The predicted molar refractivity (Wildman–Crippen MR) is 117 cm³/mol. The van der Waals surface area contributed by atoms with Crippen LogP contribution in [0.15, 0.2) is 64.2 Å². The van der Waals surface area contributed by atoms with E-state index in [0.717, 1.165) is 24.0 Å². The number of benzene rings is 2. The number of fused-ring (bicyclic) bond motifs is 1. The SMILES string of the molecule is CCCCn1c(-c2cccc(OC)c2)nc2c1c(=O)[nH]c(=O)n2Cc1ccccc1. The van der Waals surface area contributed by atoms with E-state index < -0.39 is 11.2 Å². The Bertz CT molecular complexity index is 1290. The molecule has 1 N–H and O–H groups in total. The quantitative estimate of drug-likeness (QED) is 0.512. The third-order valence-corrected chi connectivity index (χ3v) is 5.13. The molecule has 0 bridgehead atoms. The molecule has 2 aromatic carbocycles. The van der Waals surface area contributed by atoms with E-state index in [4.69, 9.17) is 9.72 Å². The van der Waals surface area contributed by atoms with Crippen LogP contribution in [0.25, 0.3) is 22.6 Å². The molecule has 30 heavy (non-hydrogen) atoms. The summed E-state index contributed by atoms with van der Waals surface area (Å²) in [5.74, 6) is 1.35. The van der Waals surface area contributed by atoms with Crippen molar-refractivity contribution in [3.63, 3.8) is 0 Å². The van der Waals surface area contributed by atoms with Crippen LogP contribution < -0.4 is 16.0 Å². The molecule has 7 nitrogen and oxygen atoms in total. The minimum Gasteiger partial charge on any atom is -0.497 e. The fourth-order valence-electron chi connectivity index (χ4n) is 3.60. The Morgan fingerprint density at radius 2 is 1.83 bits per heavy atom. The molecule has 0 unspecified atom stereocenters. The lowest BCUT2D eigenvalue weighted by Crippen LogP contribution is -2.31. The maximum atomic E-state index is 12.8. The first kappa shape index (κ1) is 19.7. The average molecular weight is 404 g/mol. The number of unbranched alkanes of at least 4 members (excludes halogenated alkanes) is 1. The first-order valence-corrected chi connectivity index (χ1v) is 10.0. The average Bonchev–Trinajstić information content (AvgIpc) is 3.16. The lowest BCUT2D eigenvalue weighted by atomic mass is 10.2. The standard InChI is InChI=1S/C23H24N4O3/c1-3-4-13-26-19-21(24-20(26)17-11-8-12-18(14-17)30-2)27(23(29)25-22(19)28)15-16-9-6-5-7-10-16/h5-12,14H,3-4,13,15H2,1-2H3,(H,25,28,29). The van der Waals surface area contributed by atoms with Crippen LogP contribution in [0.3, 0.4) is 0 Å². The van der Waals surface area contributed by atoms with Crippen LogP contribution in [0.5, 0.6) is 5.75 Å². The summed E-state index contributed by atoms with van der Waals surface area (Å²) in [7, 11) is 1.61. The Morgan fingerprint density at radius 3 is 2.57 bits per heavy atom. The molecular weight excluding hydrogens is 380 g/mol. The number of aromatic nitrogens is 4. The highest BCUT2D eigenvalue weighted by Gasteiger charge is 2.20. The maximum Gasteiger partial charge on any atom is 0.330 e. The zero-order valence-corrected chi connectivity index (χ0v) is 17.1. The number of hydrogen-bond donors (Lipinski definition) is 1. The lowest BCUT2D eigenvalue weighted by molar-refractivity contribution is 0.415. The minimum atomic E-state index is -0.464. The van der Waals surface area contributed by atoms with Crippen molar-refractivity contribution in [3.8, 4) is 17.1 Å². The van der Waals surface area contributed by atoms with Crippen LogP contribution in [0.4, 0.5) is 0 Å². The van der Waals surface area contributed by atoms with Gasteiger partial charge in [0.1, 0.15) is 11.6 Å². The normalized spacial score (nSPS) is 11.1. The number of H-pyrrole nitrogens is 1. The zero-order chi connectivity index (χ0) is 21.1. The summed E-state index contributed by atoms with van der Waals surface area (Å²) in [4.78, 5) is 32.7. The molecule has 0 saturated carbocycles. The predicted octanol–water partition coefficient (Wildman–Crippen LogP) is 3.41. The van der Waals surface area contributed by atoms with Gasteiger partial charge in [0.25, 0.3) is 5.56 Å². The molecule has 0 amide bonds. The molecule has 0 aliphatic heterocycles. The van der Waals surface area contributed by atoms with Crippen molar-refractivity contribution < 1.29 is 4.74 Å². The highest BCUT2D eigenvalue weighted by molar-refractivity contribution is 5.77. The van der Waals surface area contributed by atoms with Crippen LogP contribution >= 0.6 is 0 Å². The molecule has 4 aromatic rings. The fourth-order valence-corrected chi connectivity index (χ4v) is 3.60. The van der Waals surface area contributed by atoms with Gasteiger partial charge in [0.05, 0.1) is 13.7 Å². The van der Waals surface area contributed by atoms with Crippen LogP contribution in [-0.2, 0) is 13.1 Å². The van der Waals surface area contributed by atoms with Crippen molar-refractivity contribution in [3.05, 3.63) is 81.0 Å². The molecule has 0 radical (unpaired) electrons. The Morgan fingerprint density at radius 1 is 1.03 bits per heavy atom. The second kappa shape index (κ2) is 8.41. The molecule has 0 spiro atoms. The number of aromatic amines is 1. The first-order chi connectivity index (χ1) is 14.6. The smallest absolute Gasteiger partial charge is 0.330 e. The van der Waals surface area contributed by atoms with E-state index in [0.29, 0.717) is 35.8 Å².